The van der Waals surface area contributed by atoms with Crippen molar-refractivity contribution in [2.24, 2.45) is 4.40 Å². The van der Waals surface area contributed by atoms with Gasteiger partial charge in [0.2, 0.25) is 11.8 Å². The lowest BCUT2D eigenvalue weighted by atomic mass is 10.2. The quantitative estimate of drug-likeness (QED) is 0.459. The lowest BCUT2D eigenvalue weighted by molar-refractivity contribution is -0.121. The summed E-state index contributed by atoms with van der Waals surface area (Å²) in [6.45, 7) is 0. The van der Waals surface area contributed by atoms with Crippen molar-refractivity contribution in [3.63, 3.8) is 0 Å². The fourth-order valence-corrected chi connectivity index (χ4v) is 6.89. The number of amides is 2. The number of amidine groups is 1. The van der Waals surface area contributed by atoms with Crippen molar-refractivity contribution in [3.8, 4) is 0 Å². The van der Waals surface area contributed by atoms with Crippen LogP contribution in [0.5, 0.6) is 0 Å². The number of hydrogen-bond donors (Lipinski definition) is 1. The van der Waals surface area contributed by atoms with E-state index in [1.165, 1.54) is 17.0 Å². The SMILES string of the molecule is O=C(C[C@@H]1SC(=NS(=O)(=O)c2ccc(Cl)s2)N(c2ccccc2)C1=O)Nc1ccc(Cl)cc1. The molecule has 7 nitrogen and oxygen atoms in total. The van der Waals surface area contributed by atoms with Crippen LogP contribution in [0.2, 0.25) is 9.36 Å². The van der Waals surface area contributed by atoms with Crippen molar-refractivity contribution in [1.82, 2.24) is 0 Å². The zero-order valence-electron chi connectivity index (χ0n) is 16.6. The fraction of sp³-hybridized carbons (Fsp3) is 0.0952. The molecule has 170 valence electrons. The van der Waals surface area contributed by atoms with Crippen molar-refractivity contribution in [1.29, 1.82) is 0 Å². The van der Waals surface area contributed by atoms with Crippen molar-refractivity contribution in [2.45, 2.75) is 15.9 Å². The minimum absolute atomic E-state index is 0.0278. The Morgan fingerprint density at radius 1 is 1.03 bits per heavy atom. The number of benzene rings is 2. The Hall–Kier alpha value is -2.37. The number of anilines is 2. The molecule has 0 radical (unpaired) electrons. The van der Waals surface area contributed by atoms with Gasteiger partial charge in [-0.05, 0) is 48.5 Å². The van der Waals surface area contributed by atoms with E-state index in [1.54, 1.807) is 54.6 Å². The van der Waals surface area contributed by atoms with E-state index in [9.17, 15) is 18.0 Å². The van der Waals surface area contributed by atoms with Gasteiger partial charge in [-0.3, -0.25) is 14.5 Å². The smallest absolute Gasteiger partial charge is 0.294 e. The number of hydrogen-bond acceptors (Lipinski definition) is 6. The first-order valence-corrected chi connectivity index (χ1v) is 13.3. The Balaban J connectivity index is 1.61. The molecule has 0 saturated carbocycles. The van der Waals surface area contributed by atoms with E-state index in [-0.39, 0.29) is 15.8 Å². The van der Waals surface area contributed by atoms with Crippen molar-refractivity contribution < 1.29 is 18.0 Å². The van der Waals surface area contributed by atoms with Crippen LogP contribution in [0, 0.1) is 0 Å². The standard InChI is InChI=1S/C21H15Cl2N3O4S3/c22-13-6-8-14(9-7-13)24-18(27)12-16-20(28)26(15-4-2-1-3-5-15)21(31-16)25-33(29,30)19-11-10-17(23)32-19/h1-11,16H,12H2,(H,24,27)/t16-/m0/s1. The van der Waals surface area contributed by atoms with Gasteiger partial charge in [-0.15, -0.1) is 15.7 Å². The van der Waals surface area contributed by atoms with Crippen molar-refractivity contribution in [3.05, 3.63) is 76.1 Å². The van der Waals surface area contributed by atoms with Gasteiger partial charge in [0.05, 0.1) is 10.0 Å². The van der Waals surface area contributed by atoms with E-state index in [0.717, 1.165) is 23.1 Å². The summed E-state index contributed by atoms with van der Waals surface area (Å²) in [5.74, 6) is -0.832. The predicted octanol–water partition coefficient (Wildman–Crippen LogP) is 5.28. The van der Waals surface area contributed by atoms with Gasteiger partial charge in [-0.2, -0.15) is 8.42 Å². The summed E-state index contributed by atoms with van der Waals surface area (Å²) < 4.78 is 29.8. The van der Waals surface area contributed by atoms with E-state index in [1.807, 2.05) is 0 Å². The average Bonchev–Trinajstić information content (AvgIpc) is 3.34. The van der Waals surface area contributed by atoms with Gasteiger partial charge in [0, 0.05) is 17.1 Å². The molecular weight excluding hydrogens is 525 g/mol. The Morgan fingerprint density at radius 2 is 1.73 bits per heavy atom. The molecule has 3 aromatic rings. The molecule has 33 heavy (non-hydrogen) atoms. The van der Waals surface area contributed by atoms with Gasteiger partial charge >= 0.3 is 0 Å². The number of halogens is 2. The molecule has 0 spiro atoms. The van der Waals surface area contributed by atoms with Gasteiger partial charge in [-0.1, -0.05) is 53.2 Å². The normalized spacial score (nSPS) is 17.5. The highest BCUT2D eigenvalue weighted by Gasteiger charge is 2.41. The maximum atomic E-state index is 13.2. The van der Waals surface area contributed by atoms with Crippen LogP contribution in [-0.4, -0.2) is 30.6 Å². The second-order valence-corrected chi connectivity index (χ2v) is 11.9. The molecule has 1 aliphatic rings. The zero-order chi connectivity index (χ0) is 23.6. The molecule has 1 aliphatic heterocycles. The monoisotopic (exact) mass is 539 g/mol. The first-order valence-electron chi connectivity index (χ1n) is 9.44. The molecule has 4 rings (SSSR count). The third-order valence-electron chi connectivity index (χ3n) is 4.45. The highest BCUT2D eigenvalue weighted by Crippen LogP contribution is 2.36. The number of para-hydroxylation sites is 1. The lowest BCUT2D eigenvalue weighted by Gasteiger charge is -2.16. The van der Waals surface area contributed by atoms with E-state index in [4.69, 9.17) is 23.2 Å². The first-order chi connectivity index (χ1) is 15.7. The number of rotatable bonds is 6. The summed E-state index contributed by atoms with van der Waals surface area (Å²) in [5.41, 5.74) is 0.986. The van der Waals surface area contributed by atoms with Crippen molar-refractivity contribution in [2.75, 3.05) is 10.2 Å². The van der Waals surface area contributed by atoms with Gasteiger partial charge in [0.1, 0.15) is 9.46 Å². The van der Waals surface area contributed by atoms with Crippen LogP contribution in [-0.2, 0) is 19.6 Å². The number of thiophene rings is 1. The van der Waals surface area contributed by atoms with E-state index in [0.29, 0.717) is 20.7 Å². The Bertz CT molecular complexity index is 1330. The summed E-state index contributed by atoms with van der Waals surface area (Å²) in [5, 5.41) is 2.36. The Morgan fingerprint density at radius 3 is 2.36 bits per heavy atom. The molecule has 0 aliphatic carbocycles. The minimum atomic E-state index is -4.10. The first kappa shape index (κ1) is 23.8. The molecule has 2 heterocycles. The average molecular weight is 540 g/mol. The molecule has 0 bridgehead atoms. The number of nitrogens with one attached hydrogen (secondary N) is 1. The van der Waals surface area contributed by atoms with E-state index < -0.39 is 27.1 Å². The predicted molar refractivity (Wildman–Crippen MR) is 134 cm³/mol. The summed E-state index contributed by atoms with van der Waals surface area (Å²) in [4.78, 5) is 27.0. The van der Waals surface area contributed by atoms with Crippen LogP contribution in [0.4, 0.5) is 11.4 Å². The Labute approximate surface area is 208 Å². The summed E-state index contributed by atoms with van der Waals surface area (Å²) in [7, 11) is -4.10. The number of carbonyl (C=O) groups is 2. The molecule has 0 unspecified atom stereocenters. The van der Waals surface area contributed by atoms with E-state index >= 15 is 0 Å². The topological polar surface area (TPSA) is 95.9 Å². The number of sulfonamides is 1. The molecule has 2 amide bonds. The van der Waals surface area contributed by atoms with Gasteiger partial charge in [0.15, 0.2) is 5.17 Å². The molecule has 12 heteroatoms. The molecule has 2 aromatic carbocycles. The molecule has 1 fully saturated rings. The largest absolute Gasteiger partial charge is 0.326 e. The van der Waals surface area contributed by atoms with Gasteiger partial charge in [0.25, 0.3) is 10.0 Å². The zero-order valence-corrected chi connectivity index (χ0v) is 20.6. The van der Waals surface area contributed by atoms with Crippen LogP contribution >= 0.6 is 46.3 Å². The van der Waals surface area contributed by atoms with Crippen LogP contribution in [0.1, 0.15) is 6.42 Å². The number of nitrogens with zero attached hydrogens (tertiary/aromatic N) is 2. The molecule has 1 atom stereocenters. The third kappa shape index (κ3) is 5.59. The summed E-state index contributed by atoms with van der Waals surface area (Å²) >= 11 is 13.5. The molecular formula is C21H15Cl2N3O4S3. The molecule has 1 aromatic heterocycles. The lowest BCUT2D eigenvalue weighted by Crippen LogP contribution is -2.33. The fourth-order valence-electron chi connectivity index (χ4n) is 2.97. The van der Waals surface area contributed by atoms with E-state index in [2.05, 4.69) is 9.71 Å². The number of thioether (sulfide) groups is 1. The maximum Gasteiger partial charge on any atom is 0.294 e. The van der Waals surface area contributed by atoms with Gasteiger partial charge < -0.3 is 5.32 Å². The summed E-state index contributed by atoms with van der Waals surface area (Å²) in [6, 6.07) is 17.9. The van der Waals surface area contributed by atoms with Crippen LogP contribution in [0.15, 0.2) is 75.3 Å². The van der Waals surface area contributed by atoms with Gasteiger partial charge in [-0.25, -0.2) is 0 Å². The molecule has 1 N–H and O–H groups in total. The maximum absolute atomic E-state index is 13.2. The highest BCUT2D eigenvalue weighted by molar-refractivity contribution is 8.16. The summed E-state index contributed by atoms with van der Waals surface area (Å²) in [6.07, 6.45) is -0.167. The van der Waals surface area contributed by atoms with Crippen molar-refractivity contribution >= 4 is 84.7 Å². The minimum Gasteiger partial charge on any atom is -0.326 e. The third-order valence-corrected chi connectivity index (χ3v) is 8.92. The van der Waals surface area contributed by atoms with Crippen LogP contribution in [0.3, 0.4) is 0 Å². The Kier molecular flexibility index (Phi) is 7.10. The van der Waals surface area contributed by atoms with Crippen LogP contribution in [0.25, 0.3) is 0 Å². The van der Waals surface area contributed by atoms with Crippen LogP contribution < -0.4 is 10.2 Å². The highest BCUT2D eigenvalue weighted by atomic mass is 35.5. The molecule has 1 saturated heterocycles. The second-order valence-electron chi connectivity index (χ2n) is 6.78. The number of carbonyl (C=O) groups excluding carboxylic acids is 2. The second kappa shape index (κ2) is 9.86.